The molecule has 1 saturated carbocycles. The van der Waals surface area contributed by atoms with Crippen LogP contribution < -0.4 is 10.1 Å². The van der Waals surface area contributed by atoms with Crippen LogP contribution in [0.15, 0.2) is 18.2 Å². The van der Waals surface area contributed by atoms with Crippen LogP contribution in [0.25, 0.3) is 0 Å². The van der Waals surface area contributed by atoms with Gasteiger partial charge in [-0.15, -0.1) is 0 Å². The Morgan fingerprint density at radius 3 is 2.59 bits per heavy atom. The van der Waals surface area contributed by atoms with Crippen molar-refractivity contribution in [3.8, 4) is 5.75 Å². The molecule has 3 heteroatoms. The van der Waals surface area contributed by atoms with Crippen LogP contribution in [0.5, 0.6) is 5.75 Å². The van der Waals surface area contributed by atoms with Crippen molar-refractivity contribution in [2.45, 2.75) is 26.3 Å². The summed E-state index contributed by atoms with van der Waals surface area (Å²) >= 11 is 0. The van der Waals surface area contributed by atoms with Gasteiger partial charge >= 0.3 is 5.97 Å². The molecule has 3 aliphatic rings. The van der Waals surface area contributed by atoms with Gasteiger partial charge in [0, 0.05) is 6.04 Å². The van der Waals surface area contributed by atoms with Gasteiger partial charge in [0.2, 0.25) is 0 Å². The van der Waals surface area contributed by atoms with E-state index in [1.54, 1.807) is 0 Å². The van der Waals surface area contributed by atoms with E-state index < -0.39 is 0 Å². The molecule has 2 saturated heterocycles. The summed E-state index contributed by atoms with van der Waals surface area (Å²) in [6.07, 6.45) is 1.13. The fourth-order valence-electron chi connectivity index (χ4n) is 2.96. The minimum atomic E-state index is -0.0614. The smallest absolute Gasteiger partial charge is 0.316 e. The highest BCUT2D eigenvalue weighted by atomic mass is 16.5. The molecule has 90 valence electrons. The van der Waals surface area contributed by atoms with Crippen molar-refractivity contribution in [1.82, 2.24) is 5.32 Å². The van der Waals surface area contributed by atoms with E-state index in [-0.39, 0.29) is 11.9 Å². The molecule has 1 aromatic carbocycles. The number of carbonyl (C=O) groups excluding carboxylic acids is 1. The number of fused-ring (bicyclic) bond motifs is 1. The Bertz CT molecular complexity index is 435. The van der Waals surface area contributed by atoms with E-state index in [0.29, 0.717) is 12.0 Å². The van der Waals surface area contributed by atoms with Gasteiger partial charge in [-0.3, -0.25) is 4.79 Å². The van der Waals surface area contributed by atoms with Gasteiger partial charge in [0.25, 0.3) is 0 Å². The van der Waals surface area contributed by atoms with Gasteiger partial charge < -0.3 is 10.1 Å². The van der Waals surface area contributed by atoms with Crippen LogP contribution in [-0.4, -0.2) is 18.6 Å². The van der Waals surface area contributed by atoms with Gasteiger partial charge in [-0.2, -0.15) is 0 Å². The molecule has 0 spiro atoms. The number of nitrogens with one attached hydrogen (secondary N) is 1. The molecule has 4 rings (SSSR count). The van der Waals surface area contributed by atoms with E-state index in [1.807, 2.05) is 32.0 Å². The van der Waals surface area contributed by atoms with Crippen molar-refractivity contribution < 1.29 is 9.53 Å². The zero-order valence-electron chi connectivity index (χ0n) is 10.2. The molecular weight excluding hydrogens is 214 g/mol. The van der Waals surface area contributed by atoms with E-state index >= 15 is 0 Å². The standard InChI is InChI=1S/C14H17NO2/c1-8-4-3-5-9(2)13(8)17-14(16)12-10-6-11(12)15-7-10/h3-5,10-12,15H,6-7H2,1-2H3. The third-order valence-electron chi connectivity index (χ3n) is 4.02. The Balaban J connectivity index is 1.77. The number of benzene rings is 1. The summed E-state index contributed by atoms with van der Waals surface area (Å²) < 4.78 is 5.58. The average Bonchev–Trinajstić information content (AvgIpc) is 2.86. The third kappa shape index (κ3) is 1.65. The Morgan fingerprint density at radius 1 is 1.35 bits per heavy atom. The molecule has 1 aromatic rings. The van der Waals surface area contributed by atoms with Crippen molar-refractivity contribution in [2.24, 2.45) is 11.8 Å². The van der Waals surface area contributed by atoms with Crippen molar-refractivity contribution in [1.29, 1.82) is 0 Å². The van der Waals surface area contributed by atoms with Crippen LogP contribution >= 0.6 is 0 Å². The SMILES string of the molecule is Cc1cccc(C)c1OC(=O)C1C2CNC1C2. The predicted molar refractivity (Wildman–Crippen MR) is 64.9 cm³/mol. The van der Waals surface area contributed by atoms with Gasteiger partial charge in [0.15, 0.2) is 0 Å². The second-order valence-electron chi connectivity index (χ2n) is 5.18. The average molecular weight is 231 g/mol. The lowest BCUT2D eigenvalue weighted by atomic mass is 9.74. The first-order chi connectivity index (χ1) is 8.16. The monoisotopic (exact) mass is 231 g/mol. The maximum atomic E-state index is 12.1. The number of ether oxygens (including phenoxy) is 1. The summed E-state index contributed by atoms with van der Waals surface area (Å²) in [5, 5.41) is 3.34. The zero-order chi connectivity index (χ0) is 12.0. The van der Waals surface area contributed by atoms with Gasteiger partial charge in [-0.05, 0) is 43.9 Å². The Kier molecular flexibility index (Phi) is 2.44. The maximum Gasteiger partial charge on any atom is 0.316 e. The topological polar surface area (TPSA) is 38.3 Å². The number of carbonyl (C=O) groups is 1. The van der Waals surface area contributed by atoms with Crippen LogP contribution in [0.4, 0.5) is 0 Å². The van der Waals surface area contributed by atoms with E-state index in [0.717, 1.165) is 29.8 Å². The van der Waals surface area contributed by atoms with Crippen molar-refractivity contribution in [3.05, 3.63) is 29.3 Å². The first kappa shape index (κ1) is 10.8. The maximum absolute atomic E-state index is 12.1. The lowest BCUT2D eigenvalue weighted by molar-refractivity contribution is -0.143. The molecular formula is C14H17NO2. The van der Waals surface area contributed by atoms with Crippen LogP contribution in [0.2, 0.25) is 0 Å². The summed E-state index contributed by atoms with van der Waals surface area (Å²) in [6.45, 7) is 4.92. The number of aryl methyl sites for hydroxylation is 2. The molecule has 3 atom stereocenters. The number of rotatable bonds is 2. The Labute approximate surface area is 101 Å². The molecule has 0 amide bonds. The van der Waals surface area contributed by atoms with E-state index in [2.05, 4.69) is 5.32 Å². The first-order valence-corrected chi connectivity index (χ1v) is 6.18. The quantitative estimate of drug-likeness (QED) is 0.623. The molecule has 3 fully saturated rings. The van der Waals surface area contributed by atoms with E-state index in [4.69, 9.17) is 4.74 Å². The third-order valence-corrected chi connectivity index (χ3v) is 4.02. The van der Waals surface area contributed by atoms with Crippen LogP contribution in [0, 0.1) is 25.7 Å². The van der Waals surface area contributed by atoms with Crippen molar-refractivity contribution >= 4 is 5.97 Å². The van der Waals surface area contributed by atoms with Crippen LogP contribution in [0.3, 0.4) is 0 Å². The van der Waals surface area contributed by atoms with Crippen LogP contribution in [-0.2, 0) is 4.79 Å². The highest BCUT2D eigenvalue weighted by Gasteiger charge is 2.51. The number of hydrogen-bond donors (Lipinski definition) is 1. The molecule has 0 aromatic heterocycles. The van der Waals surface area contributed by atoms with Gasteiger partial charge in [0.1, 0.15) is 5.75 Å². The molecule has 3 unspecified atom stereocenters. The van der Waals surface area contributed by atoms with Gasteiger partial charge in [-0.25, -0.2) is 0 Å². The fourth-order valence-corrected chi connectivity index (χ4v) is 2.96. The second kappa shape index (κ2) is 3.84. The first-order valence-electron chi connectivity index (χ1n) is 6.18. The normalized spacial score (nSPS) is 29.9. The number of hydrogen-bond acceptors (Lipinski definition) is 3. The Hall–Kier alpha value is -1.35. The predicted octanol–water partition coefficient (Wildman–Crippen LogP) is 1.82. The molecule has 17 heavy (non-hydrogen) atoms. The molecule has 2 bridgehead atoms. The summed E-state index contributed by atoms with van der Waals surface area (Å²) in [5.74, 6) is 1.25. The fraction of sp³-hybridized carbons (Fsp3) is 0.500. The van der Waals surface area contributed by atoms with Crippen molar-refractivity contribution in [3.63, 3.8) is 0 Å². The summed E-state index contributed by atoms with van der Waals surface area (Å²) in [6, 6.07) is 6.29. The van der Waals surface area contributed by atoms with Gasteiger partial charge in [-0.1, -0.05) is 18.2 Å². The molecule has 2 heterocycles. The van der Waals surface area contributed by atoms with E-state index in [9.17, 15) is 4.79 Å². The van der Waals surface area contributed by atoms with Gasteiger partial charge in [0.05, 0.1) is 5.92 Å². The summed E-state index contributed by atoms with van der Waals surface area (Å²) in [7, 11) is 0. The molecule has 2 aliphatic heterocycles. The lowest BCUT2D eigenvalue weighted by Gasteiger charge is -2.32. The minimum Gasteiger partial charge on any atom is -0.426 e. The summed E-state index contributed by atoms with van der Waals surface area (Å²) in [4.78, 5) is 12.1. The summed E-state index contributed by atoms with van der Waals surface area (Å²) in [5.41, 5.74) is 2.05. The van der Waals surface area contributed by atoms with Crippen molar-refractivity contribution in [2.75, 3.05) is 6.54 Å². The Morgan fingerprint density at radius 2 is 2.06 bits per heavy atom. The van der Waals surface area contributed by atoms with Crippen LogP contribution in [0.1, 0.15) is 17.5 Å². The highest BCUT2D eigenvalue weighted by molar-refractivity contribution is 5.78. The highest BCUT2D eigenvalue weighted by Crippen LogP contribution is 2.41. The number of esters is 1. The molecule has 1 N–H and O–H groups in total. The zero-order valence-corrected chi connectivity index (χ0v) is 10.2. The molecule has 1 aliphatic carbocycles. The number of para-hydroxylation sites is 1. The van der Waals surface area contributed by atoms with E-state index in [1.165, 1.54) is 0 Å². The largest absolute Gasteiger partial charge is 0.426 e. The molecule has 0 radical (unpaired) electrons. The second-order valence-corrected chi connectivity index (χ2v) is 5.18. The minimum absolute atomic E-state index is 0.0614. The lowest BCUT2D eigenvalue weighted by Crippen LogP contribution is -2.44. The molecule has 3 nitrogen and oxygen atoms in total.